The SMILES string of the molecule is COc1ccc(-c2nnc(SCC(=O)Nc3ccc(C#N)cc3)n2Cc2ccco2)cc1. The second kappa shape index (κ2) is 9.85. The Kier molecular flexibility index (Phi) is 6.53. The Labute approximate surface area is 188 Å². The summed E-state index contributed by atoms with van der Waals surface area (Å²) in [5.74, 6) is 2.14. The molecule has 32 heavy (non-hydrogen) atoms. The van der Waals surface area contributed by atoms with E-state index in [1.54, 1.807) is 37.6 Å². The molecule has 0 spiro atoms. The summed E-state index contributed by atoms with van der Waals surface area (Å²) in [5.41, 5.74) is 2.04. The zero-order valence-corrected chi connectivity index (χ0v) is 18.0. The number of rotatable bonds is 8. The molecule has 9 heteroatoms. The molecule has 160 valence electrons. The van der Waals surface area contributed by atoms with Gasteiger partial charge in [0.2, 0.25) is 5.91 Å². The van der Waals surface area contributed by atoms with E-state index in [1.165, 1.54) is 11.8 Å². The molecule has 0 radical (unpaired) electrons. The van der Waals surface area contributed by atoms with Crippen molar-refractivity contribution in [1.82, 2.24) is 14.8 Å². The van der Waals surface area contributed by atoms with Gasteiger partial charge in [-0.1, -0.05) is 11.8 Å². The number of nitriles is 1. The minimum Gasteiger partial charge on any atom is -0.497 e. The topological polar surface area (TPSA) is 106 Å². The van der Waals surface area contributed by atoms with Gasteiger partial charge in [-0.05, 0) is 60.7 Å². The lowest BCUT2D eigenvalue weighted by Crippen LogP contribution is -2.14. The number of carbonyl (C=O) groups is 1. The fraction of sp³-hybridized carbons (Fsp3) is 0.130. The molecule has 0 aliphatic heterocycles. The maximum Gasteiger partial charge on any atom is 0.234 e. The summed E-state index contributed by atoms with van der Waals surface area (Å²) in [7, 11) is 1.62. The predicted octanol–water partition coefficient (Wildman–Crippen LogP) is 4.20. The van der Waals surface area contributed by atoms with Crippen molar-refractivity contribution in [2.24, 2.45) is 0 Å². The van der Waals surface area contributed by atoms with Crippen molar-refractivity contribution in [3.8, 4) is 23.2 Å². The van der Waals surface area contributed by atoms with Crippen LogP contribution < -0.4 is 10.1 Å². The number of furan rings is 1. The first-order chi connectivity index (χ1) is 15.7. The second-order valence-corrected chi connectivity index (χ2v) is 7.67. The van der Waals surface area contributed by atoms with Gasteiger partial charge in [0.25, 0.3) is 0 Å². The Morgan fingerprint density at radius 1 is 1.16 bits per heavy atom. The maximum atomic E-state index is 12.4. The van der Waals surface area contributed by atoms with E-state index in [2.05, 4.69) is 21.6 Å². The normalized spacial score (nSPS) is 10.5. The van der Waals surface area contributed by atoms with Crippen LogP contribution in [-0.4, -0.2) is 33.5 Å². The minimum atomic E-state index is -0.182. The van der Waals surface area contributed by atoms with Crippen molar-refractivity contribution in [2.45, 2.75) is 11.7 Å². The molecule has 0 aliphatic rings. The van der Waals surface area contributed by atoms with Gasteiger partial charge in [0.05, 0.1) is 37.3 Å². The number of hydrogen-bond donors (Lipinski definition) is 1. The number of carbonyl (C=O) groups excluding carboxylic acids is 1. The summed E-state index contributed by atoms with van der Waals surface area (Å²) < 4.78 is 12.7. The Morgan fingerprint density at radius 2 is 1.94 bits per heavy atom. The monoisotopic (exact) mass is 445 g/mol. The Balaban J connectivity index is 1.51. The molecule has 2 heterocycles. The van der Waals surface area contributed by atoms with E-state index >= 15 is 0 Å². The van der Waals surface area contributed by atoms with Crippen LogP contribution in [0.1, 0.15) is 11.3 Å². The average Bonchev–Trinajstić information content (AvgIpc) is 3.49. The van der Waals surface area contributed by atoms with Crippen molar-refractivity contribution in [2.75, 3.05) is 18.2 Å². The number of aromatic nitrogens is 3. The lowest BCUT2D eigenvalue weighted by Gasteiger charge is -2.10. The minimum absolute atomic E-state index is 0.152. The highest BCUT2D eigenvalue weighted by atomic mass is 32.2. The van der Waals surface area contributed by atoms with Crippen molar-refractivity contribution in [3.05, 3.63) is 78.3 Å². The molecule has 0 unspecified atom stereocenters. The first-order valence-corrected chi connectivity index (χ1v) is 10.7. The number of anilines is 1. The van der Waals surface area contributed by atoms with Gasteiger partial charge in [0.1, 0.15) is 11.5 Å². The third-order valence-electron chi connectivity index (χ3n) is 4.59. The summed E-state index contributed by atoms with van der Waals surface area (Å²) in [6.07, 6.45) is 1.62. The molecule has 0 aliphatic carbocycles. The highest BCUT2D eigenvalue weighted by Gasteiger charge is 2.17. The van der Waals surface area contributed by atoms with E-state index in [9.17, 15) is 4.79 Å². The number of methoxy groups -OCH3 is 1. The van der Waals surface area contributed by atoms with Crippen LogP contribution in [0.25, 0.3) is 11.4 Å². The highest BCUT2D eigenvalue weighted by Crippen LogP contribution is 2.27. The van der Waals surface area contributed by atoms with E-state index in [-0.39, 0.29) is 11.7 Å². The molecule has 0 bridgehead atoms. The Hall–Kier alpha value is -4.03. The van der Waals surface area contributed by atoms with Gasteiger partial charge in [0.15, 0.2) is 11.0 Å². The predicted molar refractivity (Wildman–Crippen MR) is 120 cm³/mol. The number of ether oxygens (including phenoxy) is 1. The Bertz CT molecular complexity index is 1230. The molecule has 4 aromatic rings. The summed E-state index contributed by atoms with van der Waals surface area (Å²) in [6, 6.07) is 20.0. The molecular weight excluding hydrogens is 426 g/mol. The van der Waals surface area contributed by atoms with E-state index in [0.29, 0.717) is 28.8 Å². The second-order valence-electron chi connectivity index (χ2n) is 6.73. The number of thioether (sulfide) groups is 1. The summed E-state index contributed by atoms with van der Waals surface area (Å²) >= 11 is 1.29. The van der Waals surface area contributed by atoms with Gasteiger partial charge in [-0.3, -0.25) is 9.36 Å². The largest absolute Gasteiger partial charge is 0.497 e. The van der Waals surface area contributed by atoms with Crippen molar-refractivity contribution in [3.63, 3.8) is 0 Å². The maximum absolute atomic E-state index is 12.4. The number of hydrogen-bond acceptors (Lipinski definition) is 7. The molecule has 4 rings (SSSR count). The third-order valence-corrected chi connectivity index (χ3v) is 5.56. The number of benzene rings is 2. The van der Waals surface area contributed by atoms with Crippen molar-refractivity contribution in [1.29, 1.82) is 5.26 Å². The van der Waals surface area contributed by atoms with Crippen molar-refractivity contribution < 1.29 is 13.9 Å². The van der Waals surface area contributed by atoms with Gasteiger partial charge < -0.3 is 14.5 Å². The smallest absolute Gasteiger partial charge is 0.234 e. The average molecular weight is 446 g/mol. The molecule has 2 aromatic heterocycles. The number of amides is 1. The number of nitrogens with one attached hydrogen (secondary N) is 1. The zero-order chi connectivity index (χ0) is 22.3. The molecule has 1 amide bonds. The van der Waals surface area contributed by atoms with Gasteiger partial charge in [-0.25, -0.2) is 0 Å². The summed E-state index contributed by atoms with van der Waals surface area (Å²) in [6.45, 7) is 0.431. The van der Waals surface area contributed by atoms with Crippen LogP contribution in [0.4, 0.5) is 5.69 Å². The van der Waals surface area contributed by atoms with Gasteiger partial charge in [0, 0.05) is 11.3 Å². The van der Waals surface area contributed by atoms with E-state index in [1.807, 2.05) is 41.0 Å². The molecule has 1 N–H and O–H groups in total. The molecule has 0 saturated carbocycles. The van der Waals surface area contributed by atoms with E-state index < -0.39 is 0 Å². The Morgan fingerprint density at radius 3 is 2.59 bits per heavy atom. The van der Waals surface area contributed by atoms with Crippen LogP contribution >= 0.6 is 11.8 Å². The molecular formula is C23H19N5O3S. The quantitative estimate of drug-likeness (QED) is 0.405. The standard InChI is InChI=1S/C23H19N5O3S/c1-30-19-10-6-17(7-11-19)22-26-27-23(28(22)14-20-3-2-12-31-20)32-15-21(29)25-18-8-4-16(13-24)5-9-18/h2-12H,14-15H2,1H3,(H,25,29). The molecule has 0 atom stereocenters. The zero-order valence-electron chi connectivity index (χ0n) is 17.2. The van der Waals surface area contributed by atoms with Crippen molar-refractivity contribution >= 4 is 23.4 Å². The van der Waals surface area contributed by atoms with Crippen LogP contribution in [0.2, 0.25) is 0 Å². The first kappa shape index (κ1) is 21.2. The van der Waals surface area contributed by atoms with Crippen LogP contribution in [-0.2, 0) is 11.3 Å². The number of nitrogens with zero attached hydrogens (tertiary/aromatic N) is 4. The fourth-order valence-corrected chi connectivity index (χ4v) is 3.74. The summed E-state index contributed by atoms with van der Waals surface area (Å²) in [4.78, 5) is 12.4. The van der Waals surface area contributed by atoms with E-state index in [4.69, 9.17) is 14.4 Å². The molecule has 8 nitrogen and oxygen atoms in total. The van der Waals surface area contributed by atoms with Crippen LogP contribution in [0.3, 0.4) is 0 Å². The van der Waals surface area contributed by atoms with Gasteiger partial charge in [-0.2, -0.15) is 5.26 Å². The third kappa shape index (κ3) is 4.99. The van der Waals surface area contributed by atoms with Crippen LogP contribution in [0.15, 0.2) is 76.5 Å². The van der Waals surface area contributed by atoms with Crippen LogP contribution in [0.5, 0.6) is 5.75 Å². The first-order valence-electron chi connectivity index (χ1n) is 9.69. The van der Waals surface area contributed by atoms with Crippen LogP contribution in [0, 0.1) is 11.3 Å². The lowest BCUT2D eigenvalue weighted by atomic mass is 10.2. The molecule has 0 saturated heterocycles. The molecule has 0 fully saturated rings. The molecule has 2 aromatic carbocycles. The fourth-order valence-electron chi connectivity index (χ4n) is 3.01. The lowest BCUT2D eigenvalue weighted by molar-refractivity contribution is -0.113. The van der Waals surface area contributed by atoms with E-state index in [0.717, 1.165) is 17.1 Å². The van der Waals surface area contributed by atoms with Gasteiger partial charge >= 0.3 is 0 Å². The summed E-state index contributed by atoms with van der Waals surface area (Å²) in [5, 5.41) is 21.0. The highest BCUT2D eigenvalue weighted by molar-refractivity contribution is 7.99. The van der Waals surface area contributed by atoms with Gasteiger partial charge in [-0.15, -0.1) is 10.2 Å².